The van der Waals surface area contributed by atoms with Crippen LogP contribution in [0.5, 0.6) is 11.5 Å². The summed E-state index contributed by atoms with van der Waals surface area (Å²) in [6.45, 7) is 3.46. The molecule has 0 aromatic heterocycles. The molecule has 5 N–H and O–H groups in total. The Morgan fingerprint density at radius 3 is 2.47 bits per heavy atom. The first kappa shape index (κ1) is 31.1. The monoisotopic (exact) mass is 601 g/mol. The number of fused-ring (bicyclic) bond motifs is 1. The lowest BCUT2D eigenvalue weighted by Gasteiger charge is -2.41. The van der Waals surface area contributed by atoms with Gasteiger partial charge in [0.05, 0.1) is 12.1 Å². The number of para-hydroxylation sites is 1. The van der Waals surface area contributed by atoms with Crippen LogP contribution in [-0.4, -0.2) is 94.8 Å². The van der Waals surface area contributed by atoms with E-state index in [2.05, 4.69) is 5.32 Å². The molecule has 1 aliphatic carbocycles. The van der Waals surface area contributed by atoms with Crippen molar-refractivity contribution in [1.29, 1.82) is 0 Å². The van der Waals surface area contributed by atoms with Gasteiger partial charge in [0, 0.05) is 12.0 Å². The quantitative estimate of drug-likeness (QED) is 0.211. The van der Waals surface area contributed by atoms with Gasteiger partial charge in [0.2, 0.25) is 12.2 Å². The van der Waals surface area contributed by atoms with E-state index in [0.717, 1.165) is 11.3 Å². The minimum absolute atomic E-state index is 0.0816. The molecule has 232 valence electrons. The molecule has 3 fully saturated rings. The number of carbonyl (C=O) groups is 1. The third-order valence-electron chi connectivity index (χ3n) is 7.79. The largest absolute Gasteiger partial charge is 0.490 e. The highest BCUT2D eigenvalue weighted by Crippen LogP contribution is 2.31. The summed E-state index contributed by atoms with van der Waals surface area (Å²) in [5, 5.41) is 44.3. The van der Waals surface area contributed by atoms with Crippen molar-refractivity contribution in [3.63, 3.8) is 0 Å². The lowest BCUT2D eigenvalue weighted by Crippen LogP contribution is -2.67. The lowest BCUT2D eigenvalue weighted by atomic mass is 9.83. The van der Waals surface area contributed by atoms with E-state index >= 15 is 0 Å². The van der Waals surface area contributed by atoms with Gasteiger partial charge in [-0.3, -0.25) is 4.79 Å². The molecule has 1 saturated carbocycles. The third-order valence-corrected chi connectivity index (χ3v) is 7.79. The molecule has 0 radical (unpaired) electrons. The van der Waals surface area contributed by atoms with Crippen LogP contribution in [0.1, 0.15) is 25.8 Å². The van der Waals surface area contributed by atoms with Crippen LogP contribution >= 0.6 is 0 Å². The van der Waals surface area contributed by atoms with Crippen molar-refractivity contribution < 1.29 is 53.3 Å². The summed E-state index contributed by atoms with van der Waals surface area (Å²) in [6.07, 6.45) is -4.92. The van der Waals surface area contributed by atoms with Gasteiger partial charge in [-0.2, -0.15) is 0 Å². The minimum Gasteiger partial charge on any atom is -0.490 e. The van der Waals surface area contributed by atoms with Gasteiger partial charge in [-0.1, -0.05) is 24.3 Å². The minimum atomic E-state index is -1.48. The number of halogens is 1. The van der Waals surface area contributed by atoms with Gasteiger partial charge in [-0.15, -0.1) is 0 Å². The Bertz CT molecular complexity index is 1340. The Morgan fingerprint density at radius 1 is 1.02 bits per heavy atom. The fraction of sp³-hybridized carbons (Fsp3) is 0.452. The summed E-state index contributed by atoms with van der Waals surface area (Å²) in [5.41, 5.74) is 1.28. The molecule has 43 heavy (non-hydrogen) atoms. The highest BCUT2D eigenvalue weighted by Gasteiger charge is 2.53. The number of ether oxygens (including phenoxy) is 5. The van der Waals surface area contributed by atoms with Gasteiger partial charge in [0.15, 0.2) is 11.6 Å². The Balaban J connectivity index is 1.16. The molecule has 11 nitrogen and oxygen atoms in total. The number of aliphatic hydroxyl groups is 4. The predicted octanol–water partition coefficient (Wildman–Crippen LogP) is 1.43. The number of hydrogen-bond donors (Lipinski definition) is 5. The maximum absolute atomic E-state index is 15.0. The zero-order valence-corrected chi connectivity index (χ0v) is 23.7. The van der Waals surface area contributed by atoms with Crippen molar-refractivity contribution in [2.45, 2.75) is 75.3 Å². The van der Waals surface area contributed by atoms with E-state index in [-0.39, 0.29) is 24.5 Å². The number of carbonyl (C=O) groups excluding carboxylic acids is 1. The Kier molecular flexibility index (Phi) is 9.77. The zero-order valence-electron chi connectivity index (χ0n) is 23.7. The Labute approximate surface area is 248 Å². The molecule has 2 aromatic rings. The van der Waals surface area contributed by atoms with E-state index in [1.807, 2.05) is 43.3 Å². The van der Waals surface area contributed by atoms with Gasteiger partial charge in [0.1, 0.15) is 55.8 Å². The van der Waals surface area contributed by atoms with Crippen molar-refractivity contribution in [3.05, 3.63) is 77.1 Å². The summed E-state index contributed by atoms with van der Waals surface area (Å²) in [7, 11) is 0. The van der Waals surface area contributed by atoms with Crippen LogP contribution in [0.2, 0.25) is 0 Å². The van der Waals surface area contributed by atoms with Crippen LogP contribution in [0.3, 0.4) is 0 Å². The number of benzene rings is 2. The topological polar surface area (TPSA) is 156 Å². The normalized spacial score (nSPS) is 32.8. The maximum atomic E-state index is 15.0. The third kappa shape index (κ3) is 7.07. The molecule has 2 heterocycles. The molecule has 0 spiro atoms. The van der Waals surface area contributed by atoms with Crippen LogP contribution in [0, 0.1) is 5.82 Å². The van der Waals surface area contributed by atoms with Crippen LogP contribution in [-0.2, 0) is 19.0 Å². The summed E-state index contributed by atoms with van der Waals surface area (Å²) >= 11 is 0. The average Bonchev–Trinajstić information content (AvgIpc) is 3.63. The van der Waals surface area contributed by atoms with Crippen LogP contribution in [0.4, 0.5) is 4.39 Å². The molecule has 0 unspecified atom stereocenters. The smallest absolute Gasteiger partial charge is 0.247 e. The number of rotatable bonds is 9. The molecule has 0 bridgehead atoms. The molecular formula is C31H36FNO10. The molecular weight excluding hydrogens is 565 g/mol. The highest BCUT2D eigenvalue weighted by atomic mass is 19.1. The van der Waals surface area contributed by atoms with Crippen molar-refractivity contribution in [1.82, 2.24) is 5.32 Å². The van der Waals surface area contributed by atoms with Crippen molar-refractivity contribution in [2.75, 3.05) is 13.4 Å². The average molecular weight is 602 g/mol. The first-order valence-electron chi connectivity index (χ1n) is 14.0. The summed E-state index contributed by atoms with van der Waals surface area (Å²) in [6, 6.07) is 12.2. The molecule has 1 amide bonds. The van der Waals surface area contributed by atoms with Crippen LogP contribution in [0.15, 0.2) is 65.8 Å². The zero-order chi connectivity index (χ0) is 30.7. The molecule has 3 aliphatic rings. The molecule has 2 saturated heterocycles. The summed E-state index contributed by atoms with van der Waals surface area (Å²) in [4.78, 5) is 12.8. The lowest BCUT2D eigenvalue weighted by molar-refractivity contribution is -0.155. The predicted molar refractivity (Wildman–Crippen MR) is 150 cm³/mol. The van der Waals surface area contributed by atoms with E-state index in [4.69, 9.17) is 23.7 Å². The Morgan fingerprint density at radius 2 is 1.74 bits per heavy atom. The first-order valence-corrected chi connectivity index (χ1v) is 14.0. The number of nitrogens with one attached hydrogen (secondary N) is 1. The van der Waals surface area contributed by atoms with Gasteiger partial charge < -0.3 is 49.4 Å². The maximum Gasteiger partial charge on any atom is 0.247 e. The number of hydrogen-bond acceptors (Lipinski definition) is 10. The van der Waals surface area contributed by atoms with E-state index in [9.17, 15) is 29.6 Å². The van der Waals surface area contributed by atoms with Crippen molar-refractivity contribution in [2.24, 2.45) is 0 Å². The molecule has 5 rings (SSSR count). The molecule has 2 aromatic carbocycles. The van der Waals surface area contributed by atoms with Crippen LogP contribution < -0.4 is 14.8 Å². The van der Waals surface area contributed by atoms with Gasteiger partial charge >= 0.3 is 0 Å². The molecule has 12 heteroatoms. The van der Waals surface area contributed by atoms with Crippen molar-refractivity contribution in [3.8, 4) is 11.5 Å². The molecule has 2 aliphatic heterocycles. The van der Waals surface area contributed by atoms with Crippen molar-refractivity contribution >= 4 is 12.0 Å². The van der Waals surface area contributed by atoms with E-state index in [0.29, 0.717) is 12.2 Å². The fourth-order valence-electron chi connectivity index (χ4n) is 5.40. The standard InChI is InChI=1S/C31H36FNO10/c1-16(10-11-39-19-6-4-3-5-7-19)28-21(34)14-23(43-28)42-22-9-8-18(13-20(22)32)12-17(2)31(38)33-24-25(35)27(37)30-29(26(24)36)40-15-41-30/h3-10,12-13,21,23-30,34-37H,11,14-15H2,1-2H3,(H,33,38)/b16-10-,17-12+/t21-,23+,24+,25-,26+,27+,28+,29-,30+/m0/s1. The summed E-state index contributed by atoms with van der Waals surface area (Å²) < 4.78 is 42.7. The van der Waals surface area contributed by atoms with Gasteiger partial charge in [0.25, 0.3) is 0 Å². The Hall–Kier alpha value is -3.36. The van der Waals surface area contributed by atoms with Gasteiger partial charge in [-0.25, -0.2) is 4.39 Å². The van der Waals surface area contributed by atoms with E-state index < -0.39 is 66.8 Å². The second-order valence-corrected chi connectivity index (χ2v) is 10.8. The first-order chi connectivity index (χ1) is 20.6. The highest BCUT2D eigenvalue weighted by molar-refractivity contribution is 5.97. The number of aliphatic hydroxyl groups excluding tert-OH is 4. The van der Waals surface area contributed by atoms with Crippen LogP contribution in [0.25, 0.3) is 6.08 Å². The second-order valence-electron chi connectivity index (χ2n) is 10.8. The van der Waals surface area contributed by atoms with E-state index in [1.54, 1.807) is 6.07 Å². The van der Waals surface area contributed by atoms with E-state index in [1.165, 1.54) is 25.1 Å². The number of amides is 1. The SMILES string of the molecule is C/C(=C/COc1ccccc1)[C@H]1O[C@@H](Oc2ccc(/C=C(\C)C(=O)N[C@@H]3[C@H](O)[C@@H](O)[C@H]4OCO[C@H]4[C@@H]3O)cc2F)C[C@@H]1O. The van der Waals surface area contributed by atoms with Gasteiger partial charge in [-0.05, 0) is 61.4 Å². The molecule has 9 atom stereocenters. The summed E-state index contributed by atoms with van der Waals surface area (Å²) in [5.74, 6) is -0.690. The second kappa shape index (κ2) is 13.5. The fourth-order valence-corrected chi connectivity index (χ4v) is 5.40.